The summed E-state index contributed by atoms with van der Waals surface area (Å²) in [5.74, 6) is 1.28. The molecule has 4 nitrogen and oxygen atoms in total. The lowest BCUT2D eigenvalue weighted by Gasteiger charge is -2.37. The van der Waals surface area contributed by atoms with Crippen molar-refractivity contribution in [2.45, 2.75) is 59.5 Å². The van der Waals surface area contributed by atoms with E-state index in [-0.39, 0.29) is 5.41 Å². The molecule has 0 saturated carbocycles. The second kappa shape index (κ2) is 5.97. The van der Waals surface area contributed by atoms with Crippen LogP contribution >= 0.6 is 0 Å². The number of aliphatic imine (C=N–C) groups is 1. The number of amidine groups is 1. The standard InChI is InChI=1S/C18H31N3O/c1-6-16-19-13(2)17(18(3,4)5)15-11-14(12-21(15)16)20-7-9-22-10-8-20/h13-14H,6-12H2,1-5H3/t13-,14-/m0/s1. The van der Waals surface area contributed by atoms with Crippen LogP contribution in [0.15, 0.2) is 16.3 Å². The Morgan fingerprint density at radius 2 is 1.91 bits per heavy atom. The monoisotopic (exact) mass is 305 g/mol. The molecule has 0 aliphatic carbocycles. The molecule has 3 aliphatic heterocycles. The lowest BCUT2D eigenvalue weighted by atomic mass is 9.80. The van der Waals surface area contributed by atoms with Gasteiger partial charge in [-0.1, -0.05) is 27.7 Å². The largest absolute Gasteiger partial charge is 0.379 e. The maximum absolute atomic E-state index is 5.52. The van der Waals surface area contributed by atoms with Crippen molar-refractivity contribution in [3.63, 3.8) is 0 Å². The molecule has 0 aromatic heterocycles. The van der Waals surface area contributed by atoms with Crippen molar-refractivity contribution in [3.05, 3.63) is 11.3 Å². The molecule has 124 valence electrons. The summed E-state index contributed by atoms with van der Waals surface area (Å²) in [5.41, 5.74) is 3.29. The molecule has 2 saturated heterocycles. The molecule has 0 aromatic carbocycles. The SMILES string of the molecule is CCC1=N[C@@H](C)C(C(C)(C)C)=C2C[C@H](N3CCOCC3)CN12. The second-order valence-electron chi connectivity index (χ2n) is 7.80. The van der Waals surface area contributed by atoms with E-state index >= 15 is 0 Å². The summed E-state index contributed by atoms with van der Waals surface area (Å²) in [6.45, 7) is 16.5. The Labute approximate surface area is 135 Å². The molecular weight excluding hydrogens is 274 g/mol. The molecule has 2 fully saturated rings. The third-order valence-corrected chi connectivity index (χ3v) is 5.22. The first-order valence-corrected chi connectivity index (χ1v) is 8.81. The van der Waals surface area contributed by atoms with Crippen molar-refractivity contribution in [2.75, 3.05) is 32.8 Å². The van der Waals surface area contributed by atoms with Crippen LogP contribution in [-0.2, 0) is 4.74 Å². The quantitative estimate of drug-likeness (QED) is 0.785. The van der Waals surface area contributed by atoms with Crippen molar-refractivity contribution >= 4 is 5.84 Å². The molecule has 3 aliphatic rings. The fourth-order valence-electron chi connectivity index (χ4n) is 4.36. The van der Waals surface area contributed by atoms with Gasteiger partial charge in [0, 0.05) is 44.2 Å². The Bertz CT molecular complexity index is 483. The highest BCUT2D eigenvalue weighted by molar-refractivity contribution is 5.86. The molecule has 0 bridgehead atoms. The number of fused-ring (bicyclic) bond motifs is 1. The van der Waals surface area contributed by atoms with Gasteiger partial charge < -0.3 is 9.64 Å². The van der Waals surface area contributed by atoms with Gasteiger partial charge in [-0.15, -0.1) is 0 Å². The van der Waals surface area contributed by atoms with E-state index in [1.165, 1.54) is 12.3 Å². The lowest BCUT2D eigenvalue weighted by Crippen LogP contribution is -2.45. The van der Waals surface area contributed by atoms with E-state index < -0.39 is 0 Å². The van der Waals surface area contributed by atoms with Gasteiger partial charge in [-0.05, 0) is 17.9 Å². The first-order chi connectivity index (χ1) is 10.4. The van der Waals surface area contributed by atoms with Gasteiger partial charge in [0.05, 0.1) is 19.3 Å². The van der Waals surface area contributed by atoms with Crippen LogP contribution in [0.3, 0.4) is 0 Å². The summed E-state index contributed by atoms with van der Waals surface area (Å²) in [6, 6.07) is 0.947. The van der Waals surface area contributed by atoms with Crippen molar-refractivity contribution in [3.8, 4) is 0 Å². The maximum atomic E-state index is 5.52. The minimum absolute atomic E-state index is 0.190. The Kier molecular flexibility index (Phi) is 4.34. The highest BCUT2D eigenvalue weighted by Crippen LogP contribution is 2.41. The molecule has 2 atom stereocenters. The third kappa shape index (κ3) is 2.83. The van der Waals surface area contributed by atoms with Crippen LogP contribution in [-0.4, -0.2) is 60.6 Å². The fraction of sp³-hybridized carbons (Fsp3) is 0.833. The number of hydrogen-bond donors (Lipinski definition) is 0. The topological polar surface area (TPSA) is 28.1 Å². The van der Waals surface area contributed by atoms with E-state index in [4.69, 9.17) is 9.73 Å². The summed E-state index contributed by atoms with van der Waals surface area (Å²) >= 11 is 0. The second-order valence-corrected chi connectivity index (χ2v) is 7.80. The van der Waals surface area contributed by atoms with Crippen LogP contribution in [0, 0.1) is 5.41 Å². The molecule has 0 N–H and O–H groups in total. The highest BCUT2D eigenvalue weighted by atomic mass is 16.5. The van der Waals surface area contributed by atoms with Crippen LogP contribution in [0.25, 0.3) is 0 Å². The summed E-state index contributed by atoms with van der Waals surface area (Å²) in [5, 5.41) is 0. The van der Waals surface area contributed by atoms with Crippen LogP contribution in [0.1, 0.15) is 47.5 Å². The van der Waals surface area contributed by atoms with Gasteiger partial charge in [0.15, 0.2) is 0 Å². The molecular formula is C18H31N3O. The zero-order valence-corrected chi connectivity index (χ0v) is 14.9. The molecule has 0 unspecified atom stereocenters. The Morgan fingerprint density at radius 1 is 1.23 bits per heavy atom. The van der Waals surface area contributed by atoms with E-state index in [1.54, 1.807) is 11.3 Å². The van der Waals surface area contributed by atoms with Crippen LogP contribution < -0.4 is 0 Å². The first-order valence-electron chi connectivity index (χ1n) is 8.81. The fourth-order valence-corrected chi connectivity index (χ4v) is 4.36. The highest BCUT2D eigenvalue weighted by Gasteiger charge is 2.40. The van der Waals surface area contributed by atoms with Crippen LogP contribution in [0.4, 0.5) is 0 Å². The Balaban J connectivity index is 1.91. The average Bonchev–Trinajstić information content (AvgIpc) is 2.90. The van der Waals surface area contributed by atoms with E-state index in [2.05, 4.69) is 44.4 Å². The van der Waals surface area contributed by atoms with Crippen molar-refractivity contribution in [1.29, 1.82) is 0 Å². The van der Waals surface area contributed by atoms with Gasteiger partial charge in [-0.3, -0.25) is 9.89 Å². The van der Waals surface area contributed by atoms with Crippen LogP contribution in [0.2, 0.25) is 0 Å². The number of rotatable bonds is 2. The van der Waals surface area contributed by atoms with Gasteiger partial charge in [0.1, 0.15) is 5.84 Å². The predicted molar refractivity (Wildman–Crippen MR) is 91.2 cm³/mol. The third-order valence-electron chi connectivity index (χ3n) is 5.22. The first kappa shape index (κ1) is 16.0. The Morgan fingerprint density at radius 3 is 2.50 bits per heavy atom. The zero-order valence-electron chi connectivity index (χ0n) is 14.9. The minimum Gasteiger partial charge on any atom is -0.379 e. The molecule has 4 heteroatoms. The van der Waals surface area contributed by atoms with E-state index in [0.717, 1.165) is 39.3 Å². The summed E-state index contributed by atoms with van der Waals surface area (Å²) < 4.78 is 5.52. The molecule has 3 rings (SSSR count). The summed E-state index contributed by atoms with van der Waals surface area (Å²) in [4.78, 5) is 10.2. The molecule has 0 amide bonds. The van der Waals surface area contributed by atoms with E-state index in [0.29, 0.717) is 12.1 Å². The molecule has 3 heterocycles. The smallest absolute Gasteiger partial charge is 0.104 e. The molecule has 0 aromatic rings. The summed E-state index contributed by atoms with van der Waals surface area (Å²) in [7, 11) is 0. The number of hydrogen-bond acceptors (Lipinski definition) is 4. The predicted octanol–water partition coefficient (Wildman–Crippen LogP) is 2.90. The molecule has 0 radical (unpaired) electrons. The van der Waals surface area contributed by atoms with Crippen LogP contribution in [0.5, 0.6) is 0 Å². The van der Waals surface area contributed by atoms with Gasteiger partial charge in [0.2, 0.25) is 0 Å². The van der Waals surface area contributed by atoms with Gasteiger partial charge in [-0.25, -0.2) is 0 Å². The van der Waals surface area contributed by atoms with Gasteiger partial charge >= 0.3 is 0 Å². The molecule has 0 spiro atoms. The number of nitrogens with zero attached hydrogens (tertiary/aromatic N) is 3. The Hall–Kier alpha value is -0.870. The normalized spacial score (nSPS) is 30.6. The van der Waals surface area contributed by atoms with Gasteiger partial charge in [0.25, 0.3) is 0 Å². The van der Waals surface area contributed by atoms with Gasteiger partial charge in [-0.2, -0.15) is 0 Å². The number of ether oxygens (including phenoxy) is 1. The van der Waals surface area contributed by atoms with Crippen molar-refractivity contribution in [1.82, 2.24) is 9.80 Å². The van der Waals surface area contributed by atoms with Crippen molar-refractivity contribution in [2.24, 2.45) is 10.4 Å². The molecule has 22 heavy (non-hydrogen) atoms. The van der Waals surface area contributed by atoms with E-state index in [1.807, 2.05) is 0 Å². The average molecular weight is 305 g/mol. The van der Waals surface area contributed by atoms with Crippen molar-refractivity contribution < 1.29 is 4.74 Å². The summed E-state index contributed by atoms with van der Waals surface area (Å²) in [6.07, 6.45) is 2.21. The zero-order chi connectivity index (χ0) is 15.9. The van der Waals surface area contributed by atoms with E-state index in [9.17, 15) is 0 Å². The minimum atomic E-state index is 0.190. The lowest BCUT2D eigenvalue weighted by molar-refractivity contribution is 0.0196. The maximum Gasteiger partial charge on any atom is 0.104 e. The number of morpholine rings is 1.